The van der Waals surface area contributed by atoms with Gasteiger partial charge >= 0.3 is 0 Å². The predicted molar refractivity (Wildman–Crippen MR) is 74.4 cm³/mol. The van der Waals surface area contributed by atoms with Crippen LogP contribution < -0.4 is 10.5 Å². The van der Waals surface area contributed by atoms with Crippen molar-refractivity contribution >= 4 is 16.7 Å². The molecule has 1 aromatic heterocycles. The van der Waals surface area contributed by atoms with E-state index in [9.17, 15) is 0 Å². The molecule has 0 fully saturated rings. The molecule has 96 valence electrons. The summed E-state index contributed by atoms with van der Waals surface area (Å²) in [6, 6.07) is 11.2. The topological polar surface area (TPSA) is 61.3 Å². The number of aromatic nitrogens is 1. The number of rotatable bonds is 2. The third kappa shape index (κ3) is 2.12. The van der Waals surface area contributed by atoms with Crippen LogP contribution in [0.15, 0.2) is 40.9 Å². The van der Waals surface area contributed by atoms with Crippen LogP contribution in [0.2, 0.25) is 0 Å². The zero-order chi connectivity index (χ0) is 13.4. The molecule has 0 unspecified atom stereocenters. The van der Waals surface area contributed by atoms with Gasteiger partial charge < -0.3 is 15.0 Å². The summed E-state index contributed by atoms with van der Waals surface area (Å²) >= 11 is 0. The van der Waals surface area contributed by atoms with Gasteiger partial charge in [-0.25, -0.2) is 0 Å². The molecule has 0 amide bonds. The van der Waals surface area contributed by atoms with E-state index in [1.165, 1.54) is 0 Å². The summed E-state index contributed by atoms with van der Waals surface area (Å²) in [5, 5.41) is 4.88. The summed E-state index contributed by atoms with van der Waals surface area (Å²) in [6.07, 6.45) is 0. The largest absolute Gasteiger partial charge is 0.457 e. The lowest BCUT2D eigenvalue weighted by atomic mass is 10.1. The molecule has 3 aromatic rings. The molecule has 1 heterocycles. The quantitative estimate of drug-likeness (QED) is 0.706. The van der Waals surface area contributed by atoms with Gasteiger partial charge in [0.1, 0.15) is 11.5 Å². The first-order valence-corrected chi connectivity index (χ1v) is 6.03. The van der Waals surface area contributed by atoms with Crippen LogP contribution in [0.25, 0.3) is 11.0 Å². The third-order valence-corrected chi connectivity index (χ3v) is 2.96. The molecule has 0 saturated heterocycles. The summed E-state index contributed by atoms with van der Waals surface area (Å²) in [7, 11) is 0. The van der Waals surface area contributed by atoms with Crippen molar-refractivity contribution in [3.05, 3.63) is 47.7 Å². The van der Waals surface area contributed by atoms with Gasteiger partial charge in [0.2, 0.25) is 0 Å². The SMILES string of the molecule is Cc1cc(Oc2ccc(N)cc2)c2c(C)noc2c1. The Morgan fingerprint density at radius 1 is 1.11 bits per heavy atom. The summed E-state index contributed by atoms with van der Waals surface area (Å²) in [4.78, 5) is 0. The second-order valence-electron chi connectivity index (χ2n) is 4.58. The molecule has 0 bridgehead atoms. The zero-order valence-electron chi connectivity index (χ0n) is 10.8. The molecule has 0 saturated carbocycles. The molecule has 2 N–H and O–H groups in total. The Bertz CT molecular complexity index is 730. The second kappa shape index (κ2) is 4.31. The van der Waals surface area contributed by atoms with Crippen molar-refractivity contribution in [2.45, 2.75) is 13.8 Å². The number of nitrogens with two attached hydrogens (primary N) is 1. The van der Waals surface area contributed by atoms with Gasteiger partial charge in [-0.3, -0.25) is 0 Å². The highest BCUT2D eigenvalue weighted by atomic mass is 16.5. The summed E-state index contributed by atoms with van der Waals surface area (Å²) < 4.78 is 11.2. The first kappa shape index (κ1) is 11.6. The van der Waals surface area contributed by atoms with Crippen molar-refractivity contribution in [2.24, 2.45) is 0 Å². The Hall–Kier alpha value is -2.49. The van der Waals surface area contributed by atoms with E-state index in [4.69, 9.17) is 15.0 Å². The number of ether oxygens (including phenoxy) is 1. The smallest absolute Gasteiger partial charge is 0.171 e. The lowest BCUT2D eigenvalue weighted by Crippen LogP contribution is -1.88. The number of hydrogen-bond acceptors (Lipinski definition) is 4. The molecule has 4 heteroatoms. The van der Waals surface area contributed by atoms with Crippen molar-refractivity contribution < 1.29 is 9.26 Å². The van der Waals surface area contributed by atoms with E-state index in [2.05, 4.69) is 5.16 Å². The van der Waals surface area contributed by atoms with Crippen molar-refractivity contribution in [2.75, 3.05) is 5.73 Å². The van der Waals surface area contributed by atoms with Gasteiger partial charge in [-0.1, -0.05) is 5.16 Å². The Kier molecular flexibility index (Phi) is 2.63. The lowest BCUT2D eigenvalue weighted by molar-refractivity contribution is 0.450. The predicted octanol–water partition coefficient (Wildman–Crippen LogP) is 3.82. The number of nitrogen functional groups attached to an aromatic ring is 1. The van der Waals surface area contributed by atoms with Crippen LogP contribution in [0.1, 0.15) is 11.3 Å². The van der Waals surface area contributed by atoms with Crippen LogP contribution in [0, 0.1) is 13.8 Å². The van der Waals surface area contributed by atoms with Gasteiger partial charge in [0.05, 0.1) is 11.1 Å². The maximum atomic E-state index is 5.91. The molecule has 0 spiro atoms. The normalized spacial score (nSPS) is 10.8. The first-order chi connectivity index (χ1) is 9.13. The number of nitrogens with zero attached hydrogens (tertiary/aromatic N) is 1. The van der Waals surface area contributed by atoms with Crippen LogP contribution >= 0.6 is 0 Å². The van der Waals surface area contributed by atoms with Gasteiger partial charge in [0, 0.05) is 5.69 Å². The molecule has 0 aliphatic heterocycles. The average molecular weight is 254 g/mol. The van der Waals surface area contributed by atoms with Crippen molar-refractivity contribution in [3.63, 3.8) is 0 Å². The molecular formula is C15H14N2O2. The highest BCUT2D eigenvalue weighted by Crippen LogP contribution is 2.33. The number of aryl methyl sites for hydroxylation is 2. The third-order valence-electron chi connectivity index (χ3n) is 2.96. The number of anilines is 1. The fraction of sp³-hybridized carbons (Fsp3) is 0.133. The van der Waals surface area contributed by atoms with Crippen molar-refractivity contribution in [3.8, 4) is 11.5 Å². The summed E-state index contributed by atoms with van der Waals surface area (Å²) in [6.45, 7) is 3.89. The second-order valence-corrected chi connectivity index (χ2v) is 4.58. The Labute approximate surface area is 110 Å². The van der Waals surface area contributed by atoms with Crippen LogP contribution in [-0.4, -0.2) is 5.16 Å². The molecule has 0 atom stereocenters. The van der Waals surface area contributed by atoms with E-state index >= 15 is 0 Å². The van der Waals surface area contributed by atoms with Crippen LogP contribution in [-0.2, 0) is 0 Å². The maximum absolute atomic E-state index is 5.91. The van der Waals surface area contributed by atoms with Gasteiger partial charge in [-0.2, -0.15) is 0 Å². The number of hydrogen-bond donors (Lipinski definition) is 1. The van der Waals surface area contributed by atoms with Gasteiger partial charge in [-0.05, 0) is 55.8 Å². The van der Waals surface area contributed by atoms with Crippen LogP contribution in [0.5, 0.6) is 11.5 Å². The highest BCUT2D eigenvalue weighted by molar-refractivity contribution is 5.87. The average Bonchev–Trinajstić information content (AvgIpc) is 2.74. The molecule has 2 aromatic carbocycles. The summed E-state index contributed by atoms with van der Waals surface area (Å²) in [5.74, 6) is 1.49. The van der Waals surface area contributed by atoms with Gasteiger partial charge in [0.15, 0.2) is 5.58 Å². The van der Waals surface area contributed by atoms with Crippen molar-refractivity contribution in [1.82, 2.24) is 5.16 Å². The summed E-state index contributed by atoms with van der Waals surface area (Å²) in [5.41, 5.74) is 9.00. The molecule has 0 aliphatic carbocycles. The Morgan fingerprint density at radius 3 is 2.58 bits per heavy atom. The van der Waals surface area contributed by atoms with E-state index in [1.54, 1.807) is 0 Å². The van der Waals surface area contributed by atoms with E-state index in [-0.39, 0.29) is 0 Å². The highest BCUT2D eigenvalue weighted by Gasteiger charge is 2.12. The fourth-order valence-corrected chi connectivity index (χ4v) is 2.06. The van der Waals surface area contributed by atoms with E-state index in [0.717, 1.165) is 33.7 Å². The molecule has 3 rings (SSSR count). The Balaban J connectivity index is 2.09. The fourth-order valence-electron chi connectivity index (χ4n) is 2.06. The lowest BCUT2D eigenvalue weighted by Gasteiger charge is -2.08. The molecule has 0 radical (unpaired) electrons. The maximum Gasteiger partial charge on any atom is 0.171 e. The van der Waals surface area contributed by atoms with E-state index in [0.29, 0.717) is 5.69 Å². The van der Waals surface area contributed by atoms with Gasteiger partial charge in [0.25, 0.3) is 0 Å². The molecule has 0 aliphatic rings. The molecular weight excluding hydrogens is 240 g/mol. The van der Waals surface area contributed by atoms with E-state index in [1.807, 2.05) is 50.2 Å². The van der Waals surface area contributed by atoms with Crippen LogP contribution in [0.4, 0.5) is 5.69 Å². The van der Waals surface area contributed by atoms with Crippen LogP contribution in [0.3, 0.4) is 0 Å². The minimum atomic E-state index is 0.711. The monoisotopic (exact) mass is 254 g/mol. The Morgan fingerprint density at radius 2 is 1.84 bits per heavy atom. The first-order valence-electron chi connectivity index (χ1n) is 6.03. The standard InChI is InChI=1S/C15H14N2O2/c1-9-7-13(15-10(2)17-19-14(15)8-9)18-12-5-3-11(16)4-6-12/h3-8H,16H2,1-2H3. The van der Waals surface area contributed by atoms with Gasteiger partial charge in [-0.15, -0.1) is 0 Å². The molecule has 4 nitrogen and oxygen atoms in total. The minimum absolute atomic E-state index is 0.711. The molecule has 19 heavy (non-hydrogen) atoms. The zero-order valence-corrected chi connectivity index (χ0v) is 10.8. The number of benzene rings is 2. The van der Waals surface area contributed by atoms with Crippen molar-refractivity contribution in [1.29, 1.82) is 0 Å². The minimum Gasteiger partial charge on any atom is -0.457 e. The number of fused-ring (bicyclic) bond motifs is 1. The van der Waals surface area contributed by atoms with E-state index < -0.39 is 0 Å².